The van der Waals surface area contributed by atoms with Crippen molar-refractivity contribution in [3.8, 4) is 11.5 Å². The molecule has 5 aromatic rings. The Kier molecular flexibility index (Phi) is 8.13. The van der Waals surface area contributed by atoms with Gasteiger partial charge in [-0.3, -0.25) is 0 Å². The van der Waals surface area contributed by atoms with E-state index in [0.29, 0.717) is 40.8 Å². The van der Waals surface area contributed by atoms with Gasteiger partial charge in [0.05, 0.1) is 0 Å². The third-order valence-corrected chi connectivity index (χ3v) is 16.2. The van der Waals surface area contributed by atoms with Gasteiger partial charge in [0.15, 0.2) is 0 Å². The third kappa shape index (κ3) is 6.49. The number of hydrogen-bond donors (Lipinski definition) is 1. The van der Waals surface area contributed by atoms with Crippen molar-refractivity contribution in [2.75, 3.05) is 0 Å². The van der Waals surface area contributed by atoms with Crippen LogP contribution in [0, 0.1) is 0 Å². The van der Waals surface area contributed by atoms with Crippen molar-refractivity contribution in [1.29, 1.82) is 0 Å². The topological polar surface area (TPSA) is 63.4 Å². The zero-order valence-corrected chi connectivity index (χ0v) is 26.7. The van der Waals surface area contributed by atoms with E-state index in [1.54, 1.807) is 24.4 Å². The van der Waals surface area contributed by atoms with Crippen molar-refractivity contribution in [1.82, 2.24) is 0 Å². The van der Waals surface area contributed by atoms with Crippen LogP contribution in [0.3, 0.4) is 0 Å². The Morgan fingerprint density at radius 3 is 1.88 bits per heavy atom. The fourth-order valence-electron chi connectivity index (χ4n) is 4.82. The molecule has 0 bridgehead atoms. The van der Waals surface area contributed by atoms with Gasteiger partial charge in [-0.05, 0) is 0 Å². The van der Waals surface area contributed by atoms with Crippen molar-refractivity contribution in [3.63, 3.8) is 0 Å². The normalized spacial score (nSPS) is 16.2. The zero-order chi connectivity index (χ0) is 28.4. The Balaban J connectivity index is 1.54. The van der Waals surface area contributed by atoms with Crippen LogP contribution in [-0.2, 0) is 11.9 Å². The second kappa shape index (κ2) is 11.9. The standard InChI is InChI=1S/C18H13ClN2O3.2C7H6Cl.Sn/c19-14-5-6-16(22)13(7-14)10-20-21-18(24)15-8-11-3-1-2-4-12(11)9-17(15)23;2*1-6-2-4-7(8)5-3-6;/h1-10,22-23H,(H,21,24);2*2-5H,1H2;/q;;;+2/p-2/b20-10+;;;. The molecule has 1 heterocycles. The van der Waals surface area contributed by atoms with E-state index in [0.717, 1.165) is 21.9 Å². The van der Waals surface area contributed by atoms with Crippen molar-refractivity contribution in [3.05, 3.63) is 140 Å². The minimum absolute atomic E-state index is 0.0376. The van der Waals surface area contributed by atoms with E-state index >= 15 is 0 Å². The molecule has 6 rings (SSSR count). The Labute approximate surface area is 257 Å². The first-order valence-corrected chi connectivity index (χ1v) is 20.4. The predicted molar refractivity (Wildman–Crippen MR) is 169 cm³/mol. The molecule has 0 unspecified atom stereocenters. The van der Waals surface area contributed by atoms with Gasteiger partial charge < -0.3 is 0 Å². The molecule has 1 aliphatic rings. The number of phenols is 1. The summed E-state index contributed by atoms with van der Waals surface area (Å²) in [5, 5.41) is 23.7. The molecule has 9 heteroatoms. The molecule has 0 spiro atoms. The Hall–Kier alpha value is -3.23. The molecule has 5 nitrogen and oxygen atoms in total. The van der Waals surface area contributed by atoms with E-state index in [-0.39, 0.29) is 11.6 Å². The van der Waals surface area contributed by atoms with Crippen LogP contribution >= 0.6 is 34.8 Å². The maximum atomic E-state index is 11.1. The summed E-state index contributed by atoms with van der Waals surface area (Å²) in [6.45, 7) is 0. The van der Waals surface area contributed by atoms with Gasteiger partial charge in [-0.15, -0.1) is 0 Å². The van der Waals surface area contributed by atoms with Gasteiger partial charge in [-0.1, -0.05) is 0 Å². The molecule has 0 saturated carbocycles. The van der Waals surface area contributed by atoms with Crippen molar-refractivity contribution >= 4 is 76.9 Å². The van der Waals surface area contributed by atoms with Gasteiger partial charge in [0.1, 0.15) is 0 Å². The summed E-state index contributed by atoms with van der Waals surface area (Å²) in [4.78, 5) is 0. The van der Waals surface area contributed by atoms with Crippen LogP contribution < -0.4 is 3.07 Å². The molecular formula is C32H23Cl3N2O3Sn. The number of benzene rings is 5. The molecule has 1 N–H and O–H groups in total. The molecule has 0 aliphatic carbocycles. The van der Waals surface area contributed by atoms with E-state index in [2.05, 4.69) is 10.2 Å². The van der Waals surface area contributed by atoms with Crippen LogP contribution in [-0.4, -0.2) is 36.4 Å². The minimum atomic E-state index is -4.41. The molecule has 0 atom stereocenters. The first kappa shape index (κ1) is 27.9. The zero-order valence-electron chi connectivity index (χ0n) is 21.6. The SMILES string of the molecule is Oc1cc2ccccc2cc1/C1=N/N=C/c2cc(Cl)ccc2[O][Sn]([CH2]c2ccc(Cl)cc2)([CH2]c2ccc(Cl)cc2)[O]1. The summed E-state index contributed by atoms with van der Waals surface area (Å²) in [6.07, 6.45) is 1.59. The van der Waals surface area contributed by atoms with Crippen molar-refractivity contribution in [2.45, 2.75) is 8.87 Å². The quantitative estimate of drug-likeness (QED) is 0.186. The maximum absolute atomic E-state index is 11.1. The summed E-state index contributed by atoms with van der Waals surface area (Å²) in [7, 11) is 0. The molecule has 0 saturated heterocycles. The molecule has 0 amide bonds. The first-order valence-electron chi connectivity index (χ1n) is 12.9. The van der Waals surface area contributed by atoms with E-state index in [4.69, 9.17) is 41.0 Å². The molecule has 41 heavy (non-hydrogen) atoms. The average Bonchev–Trinajstić information content (AvgIpc) is 3.03. The Morgan fingerprint density at radius 1 is 0.659 bits per heavy atom. The molecule has 0 radical (unpaired) electrons. The van der Waals surface area contributed by atoms with Crippen LogP contribution in [0.2, 0.25) is 15.1 Å². The van der Waals surface area contributed by atoms with Gasteiger partial charge in [0.2, 0.25) is 0 Å². The van der Waals surface area contributed by atoms with E-state index < -0.39 is 19.2 Å². The van der Waals surface area contributed by atoms with Crippen molar-refractivity contribution < 1.29 is 11.3 Å². The summed E-state index contributed by atoms with van der Waals surface area (Å²) in [5.74, 6) is 0.842. The van der Waals surface area contributed by atoms with Gasteiger partial charge in [0, 0.05) is 0 Å². The summed E-state index contributed by atoms with van der Waals surface area (Å²) >= 11 is 14.4. The van der Waals surface area contributed by atoms with Crippen LogP contribution in [0.25, 0.3) is 10.8 Å². The van der Waals surface area contributed by atoms with Crippen LogP contribution in [0.4, 0.5) is 0 Å². The number of fused-ring (bicyclic) bond motifs is 2. The molecule has 0 fully saturated rings. The predicted octanol–water partition coefficient (Wildman–Crippen LogP) is 8.70. The third-order valence-electron chi connectivity index (χ3n) is 6.76. The van der Waals surface area contributed by atoms with E-state index in [9.17, 15) is 5.11 Å². The molecular weight excluding hydrogens is 685 g/mol. The second-order valence-electron chi connectivity index (χ2n) is 9.77. The molecule has 1 aliphatic heterocycles. The van der Waals surface area contributed by atoms with E-state index in [1.165, 1.54) is 0 Å². The van der Waals surface area contributed by atoms with Crippen LogP contribution in [0.15, 0.2) is 113 Å². The van der Waals surface area contributed by atoms with Gasteiger partial charge in [0.25, 0.3) is 0 Å². The number of phenolic OH excluding ortho intramolecular Hbond substituents is 1. The Bertz CT molecular complexity index is 1740. The van der Waals surface area contributed by atoms with Gasteiger partial charge >= 0.3 is 259 Å². The molecule has 5 aromatic carbocycles. The fourth-order valence-corrected chi connectivity index (χ4v) is 14.6. The van der Waals surface area contributed by atoms with Crippen molar-refractivity contribution in [2.24, 2.45) is 10.2 Å². The number of hydrogen-bond acceptors (Lipinski definition) is 5. The number of nitrogens with zero attached hydrogens (tertiary/aromatic N) is 2. The number of rotatable bonds is 5. The summed E-state index contributed by atoms with van der Waals surface area (Å²) in [5.41, 5.74) is 3.14. The fraction of sp³-hybridized carbons (Fsp3) is 0.0625. The Morgan fingerprint density at radius 2 is 1.24 bits per heavy atom. The van der Waals surface area contributed by atoms with Crippen LogP contribution in [0.1, 0.15) is 22.3 Å². The van der Waals surface area contributed by atoms with Gasteiger partial charge in [-0.2, -0.15) is 0 Å². The molecule has 0 aromatic heterocycles. The summed E-state index contributed by atoms with van der Waals surface area (Å²) in [6, 6.07) is 32.1. The second-order valence-corrected chi connectivity index (χ2v) is 19.5. The number of aromatic hydroxyl groups is 1. The number of halogens is 3. The average molecular weight is 709 g/mol. The van der Waals surface area contributed by atoms with Gasteiger partial charge in [-0.25, -0.2) is 0 Å². The van der Waals surface area contributed by atoms with Crippen LogP contribution in [0.5, 0.6) is 11.5 Å². The monoisotopic (exact) mass is 708 g/mol. The van der Waals surface area contributed by atoms with E-state index in [1.807, 2.05) is 84.9 Å². The summed E-state index contributed by atoms with van der Waals surface area (Å²) < 4.78 is 15.0. The first-order chi connectivity index (χ1) is 19.9. The molecule has 204 valence electrons.